The molecular weight excluding hydrogens is 360 g/mol. The highest BCUT2D eigenvalue weighted by atomic mass is 35.7. The zero-order valence-electron chi connectivity index (χ0n) is 13.3. The Morgan fingerprint density at radius 1 is 0.808 bits per heavy atom. The molecule has 8 nitrogen and oxygen atoms in total. The summed E-state index contributed by atoms with van der Waals surface area (Å²) in [6.45, 7) is 0. The molecule has 2 aromatic heterocycles. The smallest absolute Gasteiger partial charge is 0.351 e. The number of anilines is 1. The van der Waals surface area contributed by atoms with E-state index in [-0.39, 0.29) is 0 Å². The number of hydrogen-bond donors (Lipinski definition) is 1. The lowest BCUT2D eigenvalue weighted by molar-refractivity contribution is -2.00. The van der Waals surface area contributed by atoms with Gasteiger partial charge >= 0.3 is 5.65 Å². The summed E-state index contributed by atoms with van der Waals surface area (Å²) in [6, 6.07) is 21.9. The van der Waals surface area contributed by atoms with Crippen LogP contribution in [0.3, 0.4) is 0 Å². The van der Waals surface area contributed by atoms with Crippen LogP contribution < -0.4 is 28.9 Å². The monoisotopic (exact) mass is 372 g/mol. The largest absolute Gasteiger partial charge is 0.361 e. The van der Waals surface area contributed by atoms with Crippen LogP contribution >= 0.6 is 0 Å². The van der Waals surface area contributed by atoms with Gasteiger partial charge < -0.3 is 5.73 Å². The van der Waals surface area contributed by atoms with Crippen molar-refractivity contribution in [2.24, 2.45) is 0 Å². The predicted octanol–water partition coefficient (Wildman–Crippen LogP) is -2.14. The molecule has 0 saturated carbocycles. The number of nitrogens with zero attached hydrogens (tertiary/aromatic N) is 3. The first-order valence-corrected chi connectivity index (χ1v) is 8.61. The van der Waals surface area contributed by atoms with Crippen LogP contribution in [-0.4, -0.2) is 10.1 Å². The van der Waals surface area contributed by atoms with Crippen LogP contribution in [0.1, 0.15) is 0 Å². The number of nitrogen functional groups attached to an aromatic ring is 1. The number of halogens is 1. The van der Waals surface area contributed by atoms with Gasteiger partial charge in [0.2, 0.25) is 0 Å². The topological polar surface area (TPSA) is 148 Å². The summed E-state index contributed by atoms with van der Waals surface area (Å²) in [7, 11) is -4.94. The van der Waals surface area contributed by atoms with Crippen molar-refractivity contribution >= 4 is 22.4 Å². The average Bonchev–Trinajstić information content (AvgIpc) is 2.60. The minimum atomic E-state index is -4.94. The quantitative estimate of drug-likeness (QED) is 0.296. The second-order valence-electron chi connectivity index (χ2n) is 5.25. The lowest BCUT2D eigenvalue weighted by Gasteiger charge is -2.17. The van der Waals surface area contributed by atoms with Crippen molar-refractivity contribution in [2.45, 2.75) is 0 Å². The van der Waals surface area contributed by atoms with Crippen molar-refractivity contribution in [3.63, 3.8) is 0 Å². The van der Waals surface area contributed by atoms with Gasteiger partial charge in [-0.3, -0.25) is 0 Å². The second kappa shape index (κ2) is 7.16. The highest BCUT2D eigenvalue weighted by Gasteiger charge is 2.17. The summed E-state index contributed by atoms with van der Waals surface area (Å²) in [5, 5.41) is 5.82. The Morgan fingerprint density at radius 2 is 1.42 bits per heavy atom. The normalized spacial score (nSPS) is 11.2. The summed E-state index contributed by atoms with van der Waals surface area (Å²) >= 11 is 0. The van der Waals surface area contributed by atoms with E-state index < -0.39 is 10.2 Å². The molecular formula is C17H13ClN4O4. The zero-order chi connectivity index (χ0) is 18.7. The first kappa shape index (κ1) is 17.9. The van der Waals surface area contributed by atoms with Crippen molar-refractivity contribution < 1.29 is 33.4 Å². The fourth-order valence-corrected chi connectivity index (χ4v) is 2.50. The SMILES string of the molecule is Nc1nc2ccc3ccccc3[n+]2nc1-c1ccccc1.[O-][Cl+3]([O-])([O-])[O-]. The molecule has 0 aliphatic heterocycles. The van der Waals surface area contributed by atoms with E-state index in [0.717, 1.165) is 22.1 Å². The molecule has 0 unspecified atom stereocenters. The molecule has 2 heterocycles. The highest BCUT2D eigenvalue weighted by molar-refractivity contribution is 5.77. The predicted molar refractivity (Wildman–Crippen MR) is 82.5 cm³/mol. The molecule has 0 aliphatic carbocycles. The molecule has 0 fully saturated rings. The number of nitrogens with two attached hydrogens (primary N) is 1. The van der Waals surface area contributed by atoms with Crippen molar-refractivity contribution in [1.29, 1.82) is 0 Å². The third kappa shape index (κ3) is 4.20. The molecule has 132 valence electrons. The minimum Gasteiger partial charge on any atom is -0.361 e. The minimum absolute atomic E-state index is 0.441. The van der Waals surface area contributed by atoms with Crippen LogP contribution in [-0.2, 0) is 0 Å². The number of aromatic nitrogens is 3. The molecule has 4 rings (SSSR count). The maximum absolute atomic E-state index is 8.49. The summed E-state index contributed by atoms with van der Waals surface area (Å²) in [5.41, 5.74) is 9.49. The molecule has 0 amide bonds. The van der Waals surface area contributed by atoms with E-state index >= 15 is 0 Å². The van der Waals surface area contributed by atoms with Gasteiger partial charge in [-0.1, -0.05) is 58.1 Å². The maximum atomic E-state index is 8.49. The molecule has 0 atom stereocenters. The number of pyridine rings is 1. The highest BCUT2D eigenvalue weighted by Crippen LogP contribution is 2.21. The lowest BCUT2D eigenvalue weighted by atomic mass is 10.1. The average molecular weight is 373 g/mol. The van der Waals surface area contributed by atoms with Gasteiger partial charge in [0.25, 0.3) is 5.82 Å². The number of fused-ring (bicyclic) bond motifs is 3. The molecule has 2 N–H and O–H groups in total. The van der Waals surface area contributed by atoms with E-state index in [1.54, 1.807) is 0 Å². The number of para-hydroxylation sites is 1. The van der Waals surface area contributed by atoms with Gasteiger partial charge in [-0.2, -0.15) is 0 Å². The molecule has 0 aliphatic rings. The van der Waals surface area contributed by atoms with Crippen molar-refractivity contribution in [3.8, 4) is 11.3 Å². The van der Waals surface area contributed by atoms with Crippen molar-refractivity contribution in [1.82, 2.24) is 10.1 Å². The molecule has 0 spiro atoms. The van der Waals surface area contributed by atoms with E-state index in [9.17, 15) is 0 Å². The Balaban J connectivity index is 0.000000349. The number of rotatable bonds is 1. The summed E-state index contributed by atoms with van der Waals surface area (Å²) in [4.78, 5) is 4.48. The Labute approximate surface area is 150 Å². The van der Waals surface area contributed by atoms with Gasteiger partial charge in [-0.25, -0.2) is 18.6 Å². The third-order valence-corrected chi connectivity index (χ3v) is 3.52. The van der Waals surface area contributed by atoms with E-state index in [1.807, 2.05) is 65.2 Å². The molecule has 9 heteroatoms. The van der Waals surface area contributed by atoms with Crippen molar-refractivity contribution in [3.05, 3.63) is 66.7 Å². The van der Waals surface area contributed by atoms with Crippen LogP contribution in [0.4, 0.5) is 5.82 Å². The van der Waals surface area contributed by atoms with Crippen molar-refractivity contribution in [2.75, 3.05) is 5.73 Å². The lowest BCUT2D eigenvalue weighted by Crippen LogP contribution is -2.68. The van der Waals surface area contributed by atoms with Gasteiger partial charge in [0.1, 0.15) is 0 Å². The first-order chi connectivity index (χ1) is 12.3. The van der Waals surface area contributed by atoms with Gasteiger partial charge in [-0.05, 0) is 17.1 Å². The Bertz CT molecular complexity index is 1050. The Hall–Kier alpha value is -2.88. The van der Waals surface area contributed by atoms with Crippen LogP contribution in [0.2, 0.25) is 0 Å². The fraction of sp³-hybridized carbons (Fsp3) is 0. The standard InChI is InChI=1S/C17H12N4.ClHO4/c18-17-16(13-7-2-1-3-8-13)20-21-14-9-5-4-6-12(14)10-11-15(21)19-17;2-1(3,4)5/h1-11,18H;(H,2,3,4,5). The molecule has 0 saturated heterocycles. The Morgan fingerprint density at radius 3 is 2.12 bits per heavy atom. The van der Waals surface area contributed by atoms with E-state index in [2.05, 4.69) is 11.1 Å². The molecule has 0 radical (unpaired) electrons. The summed E-state index contributed by atoms with van der Waals surface area (Å²) in [5.74, 6) is 0.441. The first-order valence-electron chi connectivity index (χ1n) is 7.37. The van der Waals surface area contributed by atoms with E-state index in [0.29, 0.717) is 11.5 Å². The molecule has 4 aromatic rings. The zero-order valence-corrected chi connectivity index (χ0v) is 14.0. The second-order valence-corrected chi connectivity index (χ2v) is 6.01. The molecule has 0 bridgehead atoms. The summed E-state index contributed by atoms with van der Waals surface area (Å²) in [6.07, 6.45) is 0. The maximum Gasteiger partial charge on any atom is 0.351 e. The fourth-order valence-electron chi connectivity index (χ4n) is 2.50. The summed E-state index contributed by atoms with van der Waals surface area (Å²) < 4.78 is 35.8. The Kier molecular flexibility index (Phi) is 4.94. The van der Waals surface area contributed by atoms with Crippen LogP contribution in [0.25, 0.3) is 27.8 Å². The van der Waals surface area contributed by atoms with Gasteiger partial charge in [0.15, 0.2) is 11.2 Å². The number of benzene rings is 2. The molecule has 2 aromatic carbocycles. The number of hydrogen-bond acceptors (Lipinski definition) is 7. The van der Waals surface area contributed by atoms with Crippen LogP contribution in [0, 0.1) is 10.2 Å². The molecule has 26 heavy (non-hydrogen) atoms. The van der Waals surface area contributed by atoms with Gasteiger partial charge in [0.05, 0.1) is 0 Å². The van der Waals surface area contributed by atoms with E-state index in [1.165, 1.54) is 0 Å². The third-order valence-electron chi connectivity index (χ3n) is 3.52. The van der Waals surface area contributed by atoms with Crippen LogP contribution in [0.15, 0.2) is 66.7 Å². The van der Waals surface area contributed by atoms with E-state index in [4.69, 9.17) is 29.5 Å². The van der Waals surface area contributed by atoms with Gasteiger partial charge in [0, 0.05) is 17.0 Å². The van der Waals surface area contributed by atoms with Gasteiger partial charge in [-0.15, -0.1) is 10.2 Å². The van der Waals surface area contributed by atoms with Crippen LogP contribution in [0.5, 0.6) is 0 Å².